The first-order valence-corrected chi connectivity index (χ1v) is 12.5. The fraction of sp³-hybridized carbons (Fsp3) is 0.720. The van der Waals surface area contributed by atoms with Crippen LogP contribution in [-0.2, 0) is 0 Å². The maximum Gasteiger partial charge on any atom is 0.319 e. The van der Waals surface area contributed by atoms with Gasteiger partial charge in [-0.15, -0.1) is 0 Å². The van der Waals surface area contributed by atoms with E-state index in [4.69, 9.17) is 10.00 Å². The minimum absolute atomic E-state index is 0.136. The molecule has 33 heavy (non-hydrogen) atoms. The summed E-state index contributed by atoms with van der Waals surface area (Å²) in [6.07, 6.45) is 19.8. The largest absolute Gasteiger partial charge is 0.482 e. The minimum Gasteiger partial charge on any atom is -0.482 e. The van der Waals surface area contributed by atoms with Gasteiger partial charge in [-0.2, -0.15) is 5.26 Å². The van der Waals surface area contributed by atoms with Crippen LogP contribution in [0.4, 0.5) is 11.4 Å². The minimum atomic E-state index is -0.753. The van der Waals surface area contributed by atoms with Gasteiger partial charge in [-0.3, -0.25) is 20.2 Å². The van der Waals surface area contributed by atoms with Crippen LogP contribution in [0.2, 0.25) is 0 Å². The second-order valence-corrected chi connectivity index (χ2v) is 8.62. The summed E-state index contributed by atoms with van der Waals surface area (Å²) in [4.78, 5) is 21.0. The molecule has 8 heteroatoms. The number of nitro groups is 2. The average Bonchev–Trinajstić information content (AvgIpc) is 2.80. The molecule has 0 atom stereocenters. The number of nitro benzene ring substituents is 2. The molecular formula is C25H39N3O5. The predicted molar refractivity (Wildman–Crippen MR) is 130 cm³/mol. The molecule has 0 aliphatic rings. The zero-order valence-electron chi connectivity index (χ0n) is 20.1. The molecule has 0 N–H and O–H groups in total. The fourth-order valence-electron chi connectivity index (χ4n) is 3.91. The number of nitrogens with zero attached hydrogens (tertiary/aromatic N) is 3. The number of benzene rings is 1. The van der Waals surface area contributed by atoms with Gasteiger partial charge >= 0.3 is 11.4 Å². The van der Waals surface area contributed by atoms with Gasteiger partial charge in [-0.25, -0.2) is 0 Å². The number of hydrogen-bond acceptors (Lipinski definition) is 6. The van der Waals surface area contributed by atoms with Crippen LogP contribution in [0.15, 0.2) is 12.1 Å². The van der Waals surface area contributed by atoms with Crippen molar-refractivity contribution in [3.05, 3.63) is 37.9 Å². The first-order valence-electron chi connectivity index (χ1n) is 12.5. The lowest BCUT2D eigenvalue weighted by Gasteiger charge is -2.08. The third-order valence-electron chi connectivity index (χ3n) is 5.82. The Labute approximate surface area is 197 Å². The third-order valence-corrected chi connectivity index (χ3v) is 5.82. The molecule has 0 fully saturated rings. The monoisotopic (exact) mass is 461 g/mol. The van der Waals surface area contributed by atoms with Crippen LogP contribution in [-0.4, -0.2) is 16.5 Å². The highest BCUT2D eigenvalue weighted by Crippen LogP contribution is 2.38. The highest BCUT2D eigenvalue weighted by Gasteiger charge is 2.28. The summed E-state index contributed by atoms with van der Waals surface area (Å²) < 4.78 is 5.42. The molecule has 0 bridgehead atoms. The summed E-state index contributed by atoms with van der Waals surface area (Å²) in [6, 6.07) is 3.73. The Kier molecular flexibility index (Phi) is 15.3. The van der Waals surface area contributed by atoms with Gasteiger partial charge in [0.05, 0.1) is 28.1 Å². The van der Waals surface area contributed by atoms with Gasteiger partial charge in [-0.05, 0) is 6.42 Å². The second kappa shape index (κ2) is 17.8. The van der Waals surface area contributed by atoms with Gasteiger partial charge in [0.15, 0.2) is 0 Å². The maximum absolute atomic E-state index is 11.2. The van der Waals surface area contributed by atoms with Gasteiger partial charge in [-0.1, -0.05) is 103 Å². The summed E-state index contributed by atoms with van der Waals surface area (Å²) in [6.45, 7) is 2.42. The Hall–Kier alpha value is -2.69. The van der Waals surface area contributed by atoms with Crippen molar-refractivity contribution in [2.45, 2.75) is 110 Å². The zero-order valence-corrected chi connectivity index (χ0v) is 20.1. The number of nitriles is 1. The Morgan fingerprint density at radius 3 is 1.42 bits per heavy atom. The Morgan fingerprint density at radius 2 is 1.09 bits per heavy atom. The molecular weight excluding hydrogens is 422 g/mol. The maximum atomic E-state index is 11.2. The highest BCUT2D eigenvalue weighted by molar-refractivity contribution is 5.63. The van der Waals surface area contributed by atoms with E-state index in [0.29, 0.717) is 6.42 Å². The van der Waals surface area contributed by atoms with Crippen LogP contribution in [0.5, 0.6) is 5.75 Å². The summed E-state index contributed by atoms with van der Waals surface area (Å²) in [7, 11) is 0. The fourth-order valence-corrected chi connectivity index (χ4v) is 3.91. The number of hydrogen-bond donors (Lipinski definition) is 0. The molecule has 0 saturated carbocycles. The van der Waals surface area contributed by atoms with E-state index in [1.807, 2.05) is 0 Å². The van der Waals surface area contributed by atoms with Gasteiger partial charge in [0, 0.05) is 12.1 Å². The molecule has 0 amide bonds. The summed E-state index contributed by atoms with van der Waals surface area (Å²) in [5.74, 6) is -0.370. The Bertz CT molecular complexity index is 726. The van der Waals surface area contributed by atoms with Crippen molar-refractivity contribution in [3.63, 3.8) is 0 Å². The second-order valence-electron chi connectivity index (χ2n) is 8.62. The normalized spacial score (nSPS) is 10.7. The van der Waals surface area contributed by atoms with Crippen molar-refractivity contribution < 1.29 is 14.6 Å². The van der Waals surface area contributed by atoms with Crippen LogP contribution in [0, 0.1) is 31.6 Å². The number of rotatable bonds is 20. The van der Waals surface area contributed by atoms with E-state index >= 15 is 0 Å². The van der Waals surface area contributed by atoms with Crippen LogP contribution < -0.4 is 4.74 Å². The van der Waals surface area contributed by atoms with Crippen LogP contribution >= 0.6 is 0 Å². The Balaban J connectivity index is 2.13. The molecule has 0 aliphatic heterocycles. The quantitative estimate of drug-likeness (QED) is 0.110. The predicted octanol–water partition coefficient (Wildman–Crippen LogP) is 8.01. The van der Waals surface area contributed by atoms with E-state index < -0.39 is 21.2 Å². The summed E-state index contributed by atoms with van der Waals surface area (Å²) in [5, 5.41) is 31.4. The topological polar surface area (TPSA) is 119 Å². The Morgan fingerprint density at radius 1 is 0.727 bits per heavy atom. The van der Waals surface area contributed by atoms with Crippen molar-refractivity contribution in [3.8, 4) is 11.8 Å². The van der Waals surface area contributed by atoms with E-state index in [1.54, 1.807) is 6.07 Å². The smallest absolute Gasteiger partial charge is 0.319 e. The number of unbranched alkanes of at least 4 members (excludes halogenated alkanes) is 15. The van der Waals surface area contributed by atoms with Crippen LogP contribution in [0.1, 0.15) is 115 Å². The molecule has 0 radical (unpaired) electrons. The standard InChI is InChI=1S/C25H39N3O5/c1-2-3-4-5-6-7-8-9-10-11-12-13-14-15-16-17-18-33-25-23(27(29)30)19-22(21-26)20-24(25)28(31)32/h19-20H,2-18H2,1H3. The molecule has 0 aromatic heterocycles. The van der Waals surface area contributed by atoms with Crippen molar-refractivity contribution in [1.82, 2.24) is 0 Å². The summed E-state index contributed by atoms with van der Waals surface area (Å²) in [5.41, 5.74) is -1.22. The van der Waals surface area contributed by atoms with E-state index in [0.717, 1.165) is 31.4 Å². The summed E-state index contributed by atoms with van der Waals surface area (Å²) >= 11 is 0. The van der Waals surface area contributed by atoms with Crippen molar-refractivity contribution in [2.75, 3.05) is 6.61 Å². The van der Waals surface area contributed by atoms with Crippen molar-refractivity contribution in [2.24, 2.45) is 0 Å². The molecule has 184 valence electrons. The number of ether oxygens (including phenoxy) is 1. The SMILES string of the molecule is CCCCCCCCCCCCCCCCCCOc1c([N+](=O)[O-])cc(C#N)cc1[N+](=O)[O-]. The van der Waals surface area contributed by atoms with Crippen LogP contribution in [0.25, 0.3) is 0 Å². The lowest BCUT2D eigenvalue weighted by Crippen LogP contribution is -2.04. The van der Waals surface area contributed by atoms with E-state index in [1.165, 1.54) is 77.0 Å². The molecule has 1 rings (SSSR count). The third kappa shape index (κ3) is 12.2. The molecule has 0 aliphatic carbocycles. The molecule has 0 spiro atoms. The van der Waals surface area contributed by atoms with Crippen molar-refractivity contribution >= 4 is 11.4 Å². The van der Waals surface area contributed by atoms with Crippen molar-refractivity contribution in [1.29, 1.82) is 5.26 Å². The average molecular weight is 462 g/mol. The lowest BCUT2D eigenvalue weighted by atomic mass is 10.0. The molecule has 0 heterocycles. The van der Waals surface area contributed by atoms with Gasteiger partial charge < -0.3 is 4.74 Å². The molecule has 8 nitrogen and oxygen atoms in total. The van der Waals surface area contributed by atoms with Gasteiger partial charge in [0.25, 0.3) is 5.75 Å². The highest BCUT2D eigenvalue weighted by atomic mass is 16.6. The molecule has 1 aromatic rings. The first-order chi connectivity index (χ1) is 16.0. The van der Waals surface area contributed by atoms with E-state index in [-0.39, 0.29) is 17.9 Å². The zero-order chi connectivity index (χ0) is 24.3. The van der Waals surface area contributed by atoms with Gasteiger partial charge in [0.1, 0.15) is 0 Å². The molecule has 0 saturated heterocycles. The molecule has 0 unspecified atom stereocenters. The molecule has 1 aromatic carbocycles. The van der Waals surface area contributed by atoms with E-state index in [2.05, 4.69) is 6.92 Å². The van der Waals surface area contributed by atoms with E-state index in [9.17, 15) is 20.2 Å². The first kappa shape index (κ1) is 28.3. The van der Waals surface area contributed by atoms with Gasteiger partial charge in [0.2, 0.25) is 0 Å². The van der Waals surface area contributed by atoms with Crippen LogP contribution in [0.3, 0.4) is 0 Å². The lowest BCUT2D eigenvalue weighted by molar-refractivity contribution is -0.396.